The number of carbonyl (C=O) groups excluding carboxylic acids is 1. The first-order valence-electron chi connectivity index (χ1n) is 10.9. The summed E-state index contributed by atoms with van der Waals surface area (Å²) in [5.41, 5.74) is 1.20. The lowest BCUT2D eigenvalue weighted by Gasteiger charge is -2.13. The van der Waals surface area contributed by atoms with Gasteiger partial charge in [0, 0.05) is 13.1 Å². The minimum Gasteiger partial charge on any atom is -0.465 e. The molecule has 2 aromatic heterocycles. The Morgan fingerprint density at radius 2 is 1.74 bits per heavy atom. The van der Waals surface area contributed by atoms with Crippen LogP contribution in [0.3, 0.4) is 0 Å². The highest BCUT2D eigenvalue weighted by molar-refractivity contribution is 5.89. The number of ether oxygens (including phenoxy) is 1. The van der Waals surface area contributed by atoms with E-state index < -0.39 is 23.0 Å². The summed E-state index contributed by atoms with van der Waals surface area (Å²) >= 11 is 0. The van der Waals surface area contributed by atoms with Crippen molar-refractivity contribution in [1.82, 2.24) is 18.7 Å². The van der Waals surface area contributed by atoms with Crippen molar-refractivity contribution < 1.29 is 13.9 Å². The molecule has 0 unspecified atom stereocenters. The Balaban J connectivity index is 1.86. The molecule has 0 saturated carbocycles. The molecule has 0 bridgehead atoms. The number of esters is 1. The summed E-state index contributed by atoms with van der Waals surface area (Å²) in [6.07, 6.45) is 2.15. The van der Waals surface area contributed by atoms with Crippen molar-refractivity contribution in [2.24, 2.45) is 5.92 Å². The summed E-state index contributed by atoms with van der Waals surface area (Å²) in [4.78, 5) is 42.8. The number of imidazole rings is 1. The first kappa shape index (κ1) is 23.2. The van der Waals surface area contributed by atoms with Gasteiger partial charge in [-0.2, -0.15) is 0 Å². The van der Waals surface area contributed by atoms with Gasteiger partial charge in [0.15, 0.2) is 11.2 Å². The minimum absolute atomic E-state index is 0.202. The molecular formula is C25H25FN4O4. The van der Waals surface area contributed by atoms with Gasteiger partial charge in [-0.05, 0) is 54.3 Å². The first-order chi connectivity index (χ1) is 16.3. The van der Waals surface area contributed by atoms with Crippen molar-refractivity contribution >= 4 is 17.1 Å². The highest BCUT2D eigenvalue weighted by Crippen LogP contribution is 2.16. The third kappa shape index (κ3) is 4.41. The van der Waals surface area contributed by atoms with Crippen molar-refractivity contribution in [3.8, 4) is 5.69 Å². The number of benzene rings is 2. The smallest absolute Gasteiger partial charge is 0.337 e. The number of carbonyl (C=O) groups is 1. The first-order valence-corrected chi connectivity index (χ1v) is 10.9. The molecule has 0 amide bonds. The molecule has 176 valence electrons. The summed E-state index contributed by atoms with van der Waals surface area (Å²) in [7, 11) is 1.32. The van der Waals surface area contributed by atoms with Gasteiger partial charge in [-0.3, -0.25) is 9.36 Å². The van der Waals surface area contributed by atoms with Crippen molar-refractivity contribution in [2.75, 3.05) is 7.11 Å². The van der Waals surface area contributed by atoms with Crippen LogP contribution in [0.5, 0.6) is 0 Å². The molecule has 0 fully saturated rings. The van der Waals surface area contributed by atoms with Crippen LogP contribution in [0.1, 0.15) is 36.2 Å². The van der Waals surface area contributed by atoms with Gasteiger partial charge in [0.1, 0.15) is 5.82 Å². The third-order valence-corrected chi connectivity index (χ3v) is 5.64. The summed E-state index contributed by atoms with van der Waals surface area (Å²) in [6, 6.07) is 12.3. The van der Waals surface area contributed by atoms with E-state index in [0.29, 0.717) is 30.1 Å². The number of methoxy groups -OCH3 is 1. The van der Waals surface area contributed by atoms with E-state index in [0.717, 1.165) is 5.56 Å². The Hall–Kier alpha value is -4.01. The molecular weight excluding hydrogens is 439 g/mol. The Morgan fingerprint density at radius 3 is 2.35 bits per heavy atom. The Labute approximate surface area is 194 Å². The van der Waals surface area contributed by atoms with Crippen LogP contribution < -0.4 is 11.2 Å². The van der Waals surface area contributed by atoms with Gasteiger partial charge in [0.25, 0.3) is 5.56 Å². The second-order valence-electron chi connectivity index (χ2n) is 8.47. The maximum absolute atomic E-state index is 13.5. The van der Waals surface area contributed by atoms with Gasteiger partial charge in [-0.1, -0.05) is 26.0 Å². The van der Waals surface area contributed by atoms with Crippen LogP contribution in [-0.2, 0) is 17.8 Å². The van der Waals surface area contributed by atoms with Gasteiger partial charge in [0.05, 0.1) is 24.7 Å². The Bertz CT molecular complexity index is 1450. The molecule has 0 aliphatic rings. The van der Waals surface area contributed by atoms with Crippen molar-refractivity contribution in [3.05, 3.63) is 92.6 Å². The molecule has 9 heteroatoms. The number of nitrogens with zero attached hydrogens (tertiary/aromatic N) is 4. The van der Waals surface area contributed by atoms with Crippen LogP contribution in [0.15, 0.2) is 64.4 Å². The maximum atomic E-state index is 13.5. The lowest BCUT2D eigenvalue weighted by molar-refractivity contribution is 0.0600. The Morgan fingerprint density at radius 1 is 1.06 bits per heavy atom. The van der Waals surface area contributed by atoms with Gasteiger partial charge in [-0.15, -0.1) is 0 Å². The molecule has 0 atom stereocenters. The fraction of sp³-hybridized carbons (Fsp3) is 0.280. The predicted molar refractivity (Wildman–Crippen MR) is 126 cm³/mol. The van der Waals surface area contributed by atoms with Crippen LogP contribution in [0.2, 0.25) is 0 Å². The average molecular weight is 464 g/mol. The maximum Gasteiger partial charge on any atom is 0.337 e. The summed E-state index contributed by atoms with van der Waals surface area (Å²) < 4.78 is 22.5. The quantitative estimate of drug-likeness (QED) is 0.392. The fourth-order valence-electron chi connectivity index (χ4n) is 3.77. The molecule has 0 aliphatic carbocycles. The molecule has 8 nitrogen and oxygen atoms in total. The molecule has 34 heavy (non-hydrogen) atoms. The van der Waals surface area contributed by atoms with Crippen LogP contribution in [-0.4, -0.2) is 31.8 Å². The monoisotopic (exact) mass is 464 g/mol. The molecule has 0 aliphatic heterocycles. The number of halogens is 1. The third-order valence-electron chi connectivity index (χ3n) is 5.64. The van der Waals surface area contributed by atoms with E-state index in [1.807, 2.05) is 13.8 Å². The van der Waals surface area contributed by atoms with Crippen LogP contribution >= 0.6 is 0 Å². The largest absolute Gasteiger partial charge is 0.465 e. The number of fused-ring (bicyclic) bond motifs is 1. The standard InChI is InChI=1S/C25H25FN4O4/c1-16(2)12-13-29-23(31)21-22(30(25(29)33)20-10-8-19(26)9-11-20)27-15-28(21)14-17-4-6-18(7-5-17)24(32)34-3/h4-11,15-16H,12-14H2,1-3H3. The molecule has 0 N–H and O–H groups in total. The van der Waals surface area contributed by atoms with Crippen molar-refractivity contribution in [2.45, 2.75) is 33.4 Å². The average Bonchev–Trinajstić information content (AvgIpc) is 3.23. The van der Waals surface area contributed by atoms with Crippen molar-refractivity contribution in [3.63, 3.8) is 0 Å². The number of rotatable bonds is 7. The van der Waals surface area contributed by atoms with E-state index in [9.17, 15) is 18.8 Å². The number of hydrogen-bond donors (Lipinski definition) is 0. The molecule has 4 rings (SSSR count). The van der Waals surface area contributed by atoms with Crippen LogP contribution in [0.25, 0.3) is 16.9 Å². The molecule has 4 aromatic rings. The topological polar surface area (TPSA) is 88.1 Å². The molecule has 0 radical (unpaired) electrons. The lowest BCUT2D eigenvalue weighted by atomic mass is 10.1. The number of aromatic nitrogens is 4. The normalized spacial score (nSPS) is 11.3. The van der Waals surface area contributed by atoms with E-state index >= 15 is 0 Å². The second kappa shape index (κ2) is 9.46. The van der Waals surface area contributed by atoms with Gasteiger partial charge >= 0.3 is 11.7 Å². The van der Waals surface area contributed by atoms with Crippen LogP contribution in [0, 0.1) is 11.7 Å². The SMILES string of the molecule is COC(=O)c1ccc(Cn2cnc3c2c(=O)n(CCC(C)C)c(=O)n3-c2ccc(F)cc2)cc1. The zero-order valence-electron chi connectivity index (χ0n) is 19.2. The van der Waals surface area contributed by atoms with Crippen LogP contribution in [0.4, 0.5) is 4.39 Å². The lowest BCUT2D eigenvalue weighted by Crippen LogP contribution is -2.40. The van der Waals surface area contributed by atoms with Gasteiger partial charge in [-0.25, -0.2) is 23.5 Å². The Kier molecular flexibility index (Phi) is 6.45. The molecule has 2 heterocycles. The van der Waals surface area contributed by atoms with E-state index in [1.165, 1.54) is 46.8 Å². The zero-order valence-corrected chi connectivity index (χ0v) is 19.2. The number of hydrogen-bond acceptors (Lipinski definition) is 5. The van der Waals surface area contributed by atoms with E-state index in [-0.39, 0.29) is 17.7 Å². The van der Waals surface area contributed by atoms with E-state index in [2.05, 4.69) is 4.98 Å². The van der Waals surface area contributed by atoms with Crippen molar-refractivity contribution in [1.29, 1.82) is 0 Å². The summed E-state index contributed by atoms with van der Waals surface area (Å²) in [5, 5.41) is 0. The molecule has 0 spiro atoms. The van der Waals surface area contributed by atoms with E-state index in [1.54, 1.807) is 28.8 Å². The highest BCUT2D eigenvalue weighted by Gasteiger charge is 2.19. The second-order valence-corrected chi connectivity index (χ2v) is 8.47. The van der Waals surface area contributed by atoms with E-state index in [4.69, 9.17) is 4.74 Å². The van der Waals surface area contributed by atoms with Gasteiger partial charge in [0.2, 0.25) is 0 Å². The zero-order chi connectivity index (χ0) is 24.4. The fourth-order valence-corrected chi connectivity index (χ4v) is 3.77. The van der Waals surface area contributed by atoms with Gasteiger partial charge < -0.3 is 9.30 Å². The summed E-state index contributed by atoms with van der Waals surface area (Å²) in [6.45, 7) is 4.60. The molecule has 0 saturated heterocycles. The highest BCUT2D eigenvalue weighted by atomic mass is 19.1. The summed E-state index contributed by atoms with van der Waals surface area (Å²) in [5.74, 6) is -0.572. The molecule has 2 aromatic carbocycles. The predicted octanol–water partition coefficient (Wildman–Crippen LogP) is 3.37. The minimum atomic E-state index is -0.516.